The van der Waals surface area contributed by atoms with Crippen LogP contribution in [0.5, 0.6) is 0 Å². The fraction of sp³-hybridized carbons (Fsp3) is 0.882. The first-order chi connectivity index (χ1) is 11.3. The molecule has 1 N–H and O–H groups in total. The Bertz CT molecular complexity index is 434. The van der Waals surface area contributed by atoms with Gasteiger partial charge in [0.1, 0.15) is 5.60 Å². The van der Waals surface area contributed by atoms with Gasteiger partial charge in [0, 0.05) is 38.1 Å². The smallest absolute Gasteiger partial charge is 0.410 e. The number of ether oxygens (including phenoxy) is 1. The molecule has 2 aliphatic rings. The average molecular weight is 341 g/mol. The molecule has 2 rings (SSSR count). The lowest BCUT2D eigenvalue weighted by Crippen LogP contribution is -2.49. The number of hydroxylamine groups is 2. The molecule has 0 aromatic heterocycles. The minimum atomic E-state index is -0.473. The summed E-state index contributed by atoms with van der Waals surface area (Å²) >= 11 is 0. The molecule has 138 valence electrons. The van der Waals surface area contributed by atoms with Crippen molar-refractivity contribution in [3.8, 4) is 0 Å². The van der Waals surface area contributed by atoms with Crippen LogP contribution in [-0.2, 0) is 14.4 Å². The molecular formula is C17H31N3O4. The lowest BCUT2D eigenvalue weighted by molar-refractivity contribution is -0.154. The van der Waals surface area contributed by atoms with Crippen molar-refractivity contribution >= 4 is 12.0 Å². The molecule has 0 aliphatic carbocycles. The highest BCUT2D eigenvalue weighted by atomic mass is 16.7. The first kappa shape index (κ1) is 19.0. The molecule has 0 unspecified atom stereocenters. The van der Waals surface area contributed by atoms with Gasteiger partial charge >= 0.3 is 6.09 Å². The number of nitrogens with zero attached hydrogens (tertiary/aromatic N) is 2. The minimum absolute atomic E-state index is 0.0697. The summed E-state index contributed by atoms with van der Waals surface area (Å²) in [5.41, 5.74) is -0.473. The van der Waals surface area contributed by atoms with Crippen molar-refractivity contribution < 1.29 is 19.2 Å². The summed E-state index contributed by atoms with van der Waals surface area (Å²) in [6.07, 6.45) is 2.95. The fourth-order valence-electron chi connectivity index (χ4n) is 3.15. The Labute approximate surface area is 144 Å². The summed E-state index contributed by atoms with van der Waals surface area (Å²) in [5.74, 6) is 0.210. The molecule has 24 heavy (non-hydrogen) atoms. The van der Waals surface area contributed by atoms with Crippen molar-refractivity contribution in [3.63, 3.8) is 0 Å². The van der Waals surface area contributed by atoms with Gasteiger partial charge in [0.25, 0.3) is 0 Å². The van der Waals surface area contributed by atoms with Crippen LogP contribution in [0.4, 0.5) is 4.79 Å². The van der Waals surface area contributed by atoms with Gasteiger partial charge in [-0.25, -0.2) is 4.79 Å². The van der Waals surface area contributed by atoms with E-state index in [2.05, 4.69) is 5.32 Å². The van der Waals surface area contributed by atoms with Gasteiger partial charge in [-0.15, -0.1) is 0 Å². The number of carbonyl (C=O) groups is 2. The molecule has 2 aliphatic heterocycles. The molecule has 0 atom stereocenters. The second kappa shape index (κ2) is 8.16. The molecule has 0 aromatic rings. The number of piperidine rings is 2. The maximum absolute atomic E-state index is 12.4. The van der Waals surface area contributed by atoms with Crippen LogP contribution < -0.4 is 5.32 Å². The molecule has 2 fully saturated rings. The van der Waals surface area contributed by atoms with Crippen LogP contribution in [0, 0.1) is 5.92 Å². The molecular weight excluding hydrogens is 310 g/mol. The average Bonchev–Trinajstić information content (AvgIpc) is 2.54. The number of likely N-dealkylation sites (tertiary alicyclic amines) is 1. The number of amides is 2. The Hall–Kier alpha value is -1.34. The summed E-state index contributed by atoms with van der Waals surface area (Å²) in [6.45, 7) is 8.45. The molecule has 2 heterocycles. The quantitative estimate of drug-likeness (QED) is 0.847. The topological polar surface area (TPSA) is 71.1 Å². The third-order valence-corrected chi connectivity index (χ3v) is 4.58. The van der Waals surface area contributed by atoms with Crippen LogP contribution in [-0.4, -0.2) is 66.9 Å². The van der Waals surface area contributed by atoms with Gasteiger partial charge < -0.3 is 19.8 Å². The van der Waals surface area contributed by atoms with Crippen LogP contribution in [0.15, 0.2) is 0 Å². The van der Waals surface area contributed by atoms with Crippen molar-refractivity contribution in [3.05, 3.63) is 0 Å². The molecule has 0 radical (unpaired) electrons. The Kier molecular flexibility index (Phi) is 6.46. The molecule has 0 spiro atoms. The second-order valence-electron chi connectivity index (χ2n) is 7.64. The third kappa shape index (κ3) is 5.63. The monoisotopic (exact) mass is 341 g/mol. The molecule has 2 saturated heterocycles. The van der Waals surface area contributed by atoms with E-state index in [9.17, 15) is 9.59 Å². The van der Waals surface area contributed by atoms with Gasteiger partial charge in [0.05, 0.1) is 7.11 Å². The van der Waals surface area contributed by atoms with Gasteiger partial charge in [-0.3, -0.25) is 4.79 Å². The van der Waals surface area contributed by atoms with Gasteiger partial charge in [0.2, 0.25) is 5.91 Å². The molecule has 0 aromatic carbocycles. The Morgan fingerprint density at radius 1 is 1.00 bits per heavy atom. The second-order valence-corrected chi connectivity index (χ2v) is 7.64. The summed E-state index contributed by atoms with van der Waals surface area (Å²) in [7, 11) is 1.67. The Morgan fingerprint density at radius 3 is 2.08 bits per heavy atom. The maximum atomic E-state index is 12.4. The first-order valence-electron chi connectivity index (χ1n) is 8.86. The van der Waals surface area contributed by atoms with E-state index in [1.807, 2.05) is 25.8 Å². The largest absolute Gasteiger partial charge is 0.444 e. The molecule has 7 nitrogen and oxygen atoms in total. The number of nitrogens with one attached hydrogen (secondary N) is 1. The number of carbonyl (C=O) groups excluding carboxylic acids is 2. The molecule has 2 amide bonds. The van der Waals surface area contributed by atoms with E-state index >= 15 is 0 Å². The van der Waals surface area contributed by atoms with E-state index in [-0.39, 0.29) is 24.0 Å². The number of rotatable bonds is 3. The lowest BCUT2D eigenvalue weighted by Gasteiger charge is -2.35. The predicted octanol–water partition coefficient (Wildman–Crippen LogP) is 1.78. The van der Waals surface area contributed by atoms with E-state index in [4.69, 9.17) is 9.57 Å². The summed E-state index contributed by atoms with van der Waals surface area (Å²) in [5, 5.41) is 5.04. The van der Waals surface area contributed by atoms with Gasteiger partial charge in [-0.2, -0.15) is 5.06 Å². The van der Waals surface area contributed by atoms with Gasteiger partial charge in [-0.05, 0) is 46.5 Å². The first-order valence-corrected chi connectivity index (χ1v) is 8.86. The zero-order valence-electron chi connectivity index (χ0n) is 15.3. The number of hydrogen-bond donors (Lipinski definition) is 1. The summed E-state index contributed by atoms with van der Waals surface area (Å²) in [6, 6.07) is 0.150. The standard InChI is InChI=1S/C17H31N3O4/c1-17(2,3)24-16(22)19-9-7-14(8-10-19)18-15(21)13-5-11-20(23-4)12-6-13/h13-14H,5-12H2,1-4H3,(H,18,21). The normalized spacial score (nSPS) is 21.6. The molecule has 0 bridgehead atoms. The Morgan fingerprint density at radius 2 is 1.58 bits per heavy atom. The van der Waals surface area contributed by atoms with E-state index in [0.717, 1.165) is 38.8 Å². The van der Waals surface area contributed by atoms with E-state index in [1.54, 1.807) is 12.0 Å². The highest BCUT2D eigenvalue weighted by Gasteiger charge is 2.30. The van der Waals surface area contributed by atoms with E-state index in [0.29, 0.717) is 13.1 Å². The summed E-state index contributed by atoms with van der Waals surface area (Å²) in [4.78, 5) is 31.4. The molecule has 7 heteroatoms. The van der Waals surface area contributed by atoms with Crippen LogP contribution in [0.25, 0.3) is 0 Å². The van der Waals surface area contributed by atoms with Crippen LogP contribution in [0.1, 0.15) is 46.5 Å². The van der Waals surface area contributed by atoms with E-state index in [1.165, 1.54) is 0 Å². The van der Waals surface area contributed by atoms with Gasteiger partial charge in [-0.1, -0.05) is 0 Å². The van der Waals surface area contributed by atoms with Crippen molar-refractivity contribution in [2.45, 2.75) is 58.1 Å². The Balaban J connectivity index is 1.71. The van der Waals surface area contributed by atoms with Crippen molar-refractivity contribution in [1.82, 2.24) is 15.3 Å². The summed E-state index contributed by atoms with van der Waals surface area (Å²) < 4.78 is 5.39. The SMILES string of the molecule is CON1CCC(C(=O)NC2CCN(C(=O)OC(C)(C)C)CC2)CC1. The number of hydrogen-bond acceptors (Lipinski definition) is 5. The minimum Gasteiger partial charge on any atom is -0.444 e. The van der Waals surface area contributed by atoms with E-state index < -0.39 is 5.60 Å². The zero-order valence-corrected chi connectivity index (χ0v) is 15.3. The van der Waals surface area contributed by atoms with Crippen molar-refractivity contribution in [2.24, 2.45) is 5.92 Å². The maximum Gasteiger partial charge on any atom is 0.410 e. The third-order valence-electron chi connectivity index (χ3n) is 4.58. The van der Waals surface area contributed by atoms with Gasteiger partial charge in [0.15, 0.2) is 0 Å². The fourth-order valence-corrected chi connectivity index (χ4v) is 3.15. The molecule has 0 saturated carbocycles. The highest BCUT2D eigenvalue weighted by molar-refractivity contribution is 5.79. The predicted molar refractivity (Wildman–Crippen MR) is 90.3 cm³/mol. The lowest BCUT2D eigenvalue weighted by atomic mass is 9.95. The van der Waals surface area contributed by atoms with Crippen LogP contribution >= 0.6 is 0 Å². The van der Waals surface area contributed by atoms with Crippen molar-refractivity contribution in [1.29, 1.82) is 0 Å². The highest BCUT2D eigenvalue weighted by Crippen LogP contribution is 2.19. The zero-order chi connectivity index (χ0) is 17.7. The van der Waals surface area contributed by atoms with Crippen LogP contribution in [0.2, 0.25) is 0 Å². The van der Waals surface area contributed by atoms with Crippen molar-refractivity contribution in [2.75, 3.05) is 33.3 Å². The van der Waals surface area contributed by atoms with Crippen LogP contribution in [0.3, 0.4) is 0 Å².